The summed E-state index contributed by atoms with van der Waals surface area (Å²) in [5.41, 5.74) is 5.04. The number of hydrogen-bond donors (Lipinski definition) is 1. The van der Waals surface area contributed by atoms with Crippen molar-refractivity contribution in [3.63, 3.8) is 0 Å². The van der Waals surface area contributed by atoms with Gasteiger partial charge in [-0.15, -0.1) is 0 Å². The molecule has 4 nitrogen and oxygen atoms in total. The van der Waals surface area contributed by atoms with E-state index in [1.165, 1.54) is 0 Å². The van der Waals surface area contributed by atoms with Crippen LogP contribution in [0.3, 0.4) is 0 Å². The molecule has 0 aromatic rings. The summed E-state index contributed by atoms with van der Waals surface area (Å²) >= 11 is 0. The van der Waals surface area contributed by atoms with Crippen LogP contribution in [0.2, 0.25) is 0 Å². The van der Waals surface area contributed by atoms with E-state index in [4.69, 9.17) is 5.73 Å². The Kier molecular flexibility index (Phi) is 5.24. The second kappa shape index (κ2) is 5.47. The summed E-state index contributed by atoms with van der Waals surface area (Å²) in [4.78, 5) is 15.9. The molecule has 0 rings (SSSR count). The Morgan fingerprint density at radius 1 is 1.40 bits per heavy atom. The van der Waals surface area contributed by atoms with Gasteiger partial charge >= 0.3 is 0 Å². The second-order valence-electron chi connectivity index (χ2n) is 4.92. The maximum atomic E-state index is 12.0. The van der Waals surface area contributed by atoms with Crippen molar-refractivity contribution in [3.8, 4) is 0 Å². The summed E-state index contributed by atoms with van der Waals surface area (Å²) in [6.45, 7) is 9.09. The van der Waals surface area contributed by atoms with Gasteiger partial charge in [0, 0.05) is 19.1 Å². The lowest BCUT2D eigenvalue weighted by atomic mass is 10.0. The fourth-order valence-electron chi connectivity index (χ4n) is 1.65. The molecule has 1 atom stereocenters. The molecule has 15 heavy (non-hydrogen) atoms. The van der Waals surface area contributed by atoms with Crippen molar-refractivity contribution in [2.45, 2.75) is 39.3 Å². The van der Waals surface area contributed by atoms with Gasteiger partial charge in [0.15, 0.2) is 0 Å². The van der Waals surface area contributed by atoms with Gasteiger partial charge in [0.25, 0.3) is 0 Å². The molecule has 0 aliphatic carbocycles. The Morgan fingerprint density at radius 3 is 2.13 bits per heavy atom. The molecule has 2 N–H and O–H groups in total. The Morgan fingerprint density at radius 2 is 1.87 bits per heavy atom. The Labute approximate surface area is 93.4 Å². The van der Waals surface area contributed by atoms with Crippen molar-refractivity contribution >= 4 is 5.91 Å². The first-order valence-corrected chi connectivity index (χ1v) is 5.44. The van der Waals surface area contributed by atoms with Crippen LogP contribution in [0.1, 0.15) is 27.7 Å². The monoisotopic (exact) mass is 215 g/mol. The van der Waals surface area contributed by atoms with Crippen LogP contribution in [-0.2, 0) is 4.79 Å². The smallest absolute Gasteiger partial charge is 0.242 e. The largest absolute Gasteiger partial charge is 0.337 e. The van der Waals surface area contributed by atoms with Crippen LogP contribution >= 0.6 is 0 Å². The second-order valence-corrected chi connectivity index (χ2v) is 4.92. The quantitative estimate of drug-likeness (QED) is 0.727. The average Bonchev–Trinajstić information content (AvgIpc) is 2.01. The van der Waals surface area contributed by atoms with E-state index in [0.29, 0.717) is 6.54 Å². The average molecular weight is 215 g/mol. The SMILES string of the molecule is CCN(C(=O)C(C)(C)N)C(C)CN(C)C. The number of likely N-dealkylation sites (N-methyl/N-ethyl adjacent to an activating group) is 2. The Balaban J connectivity index is 4.55. The Hall–Kier alpha value is -0.610. The van der Waals surface area contributed by atoms with Crippen molar-refractivity contribution < 1.29 is 4.79 Å². The van der Waals surface area contributed by atoms with E-state index >= 15 is 0 Å². The number of hydrogen-bond acceptors (Lipinski definition) is 3. The van der Waals surface area contributed by atoms with Gasteiger partial charge in [-0.3, -0.25) is 4.79 Å². The van der Waals surface area contributed by atoms with Crippen LogP contribution in [-0.4, -0.2) is 54.5 Å². The molecule has 0 aromatic heterocycles. The van der Waals surface area contributed by atoms with E-state index in [1.54, 1.807) is 13.8 Å². The first-order chi connectivity index (χ1) is 6.70. The molecule has 0 saturated carbocycles. The molecule has 0 radical (unpaired) electrons. The van der Waals surface area contributed by atoms with Crippen LogP contribution in [0, 0.1) is 0 Å². The lowest BCUT2D eigenvalue weighted by Gasteiger charge is -2.34. The Bertz CT molecular complexity index is 208. The van der Waals surface area contributed by atoms with Crippen LogP contribution < -0.4 is 5.73 Å². The summed E-state index contributed by atoms with van der Waals surface area (Å²) in [5.74, 6) is 0.0133. The van der Waals surface area contributed by atoms with E-state index in [1.807, 2.05) is 32.8 Å². The molecule has 1 amide bonds. The first-order valence-electron chi connectivity index (χ1n) is 5.44. The fourth-order valence-corrected chi connectivity index (χ4v) is 1.65. The summed E-state index contributed by atoms with van der Waals surface area (Å²) in [7, 11) is 4.00. The number of rotatable bonds is 5. The zero-order valence-corrected chi connectivity index (χ0v) is 10.9. The molecule has 0 aromatic carbocycles. The van der Waals surface area contributed by atoms with Crippen molar-refractivity contribution in [2.24, 2.45) is 5.73 Å². The topological polar surface area (TPSA) is 49.6 Å². The van der Waals surface area contributed by atoms with Gasteiger partial charge in [-0.2, -0.15) is 0 Å². The van der Waals surface area contributed by atoms with Gasteiger partial charge in [0.2, 0.25) is 5.91 Å². The van der Waals surface area contributed by atoms with Crippen molar-refractivity contribution in [1.29, 1.82) is 0 Å². The summed E-state index contributed by atoms with van der Waals surface area (Å²) in [6.07, 6.45) is 0. The highest BCUT2D eigenvalue weighted by Crippen LogP contribution is 2.08. The maximum Gasteiger partial charge on any atom is 0.242 e. The van der Waals surface area contributed by atoms with Crippen molar-refractivity contribution in [2.75, 3.05) is 27.2 Å². The molecule has 0 saturated heterocycles. The number of amides is 1. The van der Waals surface area contributed by atoms with Crippen molar-refractivity contribution in [1.82, 2.24) is 9.80 Å². The van der Waals surface area contributed by atoms with Gasteiger partial charge in [-0.05, 0) is 41.8 Å². The zero-order chi connectivity index (χ0) is 12.2. The van der Waals surface area contributed by atoms with E-state index in [0.717, 1.165) is 6.54 Å². The lowest BCUT2D eigenvalue weighted by Crippen LogP contribution is -2.55. The maximum absolute atomic E-state index is 12.0. The number of carbonyl (C=O) groups is 1. The van der Waals surface area contributed by atoms with Gasteiger partial charge in [-0.1, -0.05) is 0 Å². The predicted molar refractivity (Wildman–Crippen MR) is 63.7 cm³/mol. The minimum absolute atomic E-state index is 0.0133. The molecule has 1 unspecified atom stereocenters. The summed E-state index contributed by atoms with van der Waals surface area (Å²) < 4.78 is 0. The van der Waals surface area contributed by atoms with E-state index in [9.17, 15) is 4.79 Å². The van der Waals surface area contributed by atoms with E-state index < -0.39 is 5.54 Å². The highest BCUT2D eigenvalue weighted by molar-refractivity contribution is 5.85. The molecule has 0 bridgehead atoms. The van der Waals surface area contributed by atoms with E-state index in [2.05, 4.69) is 4.90 Å². The van der Waals surface area contributed by atoms with Crippen LogP contribution in [0.25, 0.3) is 0 Å². The number of nitrogens with two attached hydrogens (primary N) is 1. The third-order valence-electron chi connectivity index (χ3n) is 2.31. The van der Waals surface area contributed by atoms with Crippen LogP contribution in [0.4, 0.5) is 0 Å². The van der Waals surface area contributed by atoms with Crippen LogP contribution in [0.5, 0.6) is 0 Å². The van der Waals surface area contributed by atoms with E-state index in [-0.39, 0.29) is 11.9 Å². The molecule has 0 spiro atoms. The fraction of sp³-hybridized carbons (Fsp3) is 0.909. The minimum Gasteiger partial charge on any atom is -0.337 e. The number of nitrogens with zero attached hydrogens (tertiary/aromatic N) is 2. The van der Waals surface area contributed by atoms with Gasteiger partial charge < -0.3 is 15.5 Å². The lowest BCUT2D eigenvalue weighted by molar-refractivity contribution is -0.137. The van der Waals surface area contributed by atoms with Crippen molar-refractivity contribution in [3.05, 3.63) is 0 Å². The zero-order valence-electron chi connectivity index (χ0n) is 10.9. The van der Waals surface area contributed by atoms with Gasteiger partial charge in [0.1, 0.15) is 0 Å². The molecular formula is C11H25N3O. The molecule has 0 aliphatic heterocycles. The minimum atomic E-state index is -0.781. The predicted octanol–water partition coefficient (Wildman–Crippen LogP) is 0.522. The summed E-state index contributed by atoms with van der Waals surface area (Å²) in [5, 5.41) is 0. The summed E-state index contributed by atoms with van der Waals surface area (Å²) in [6, 6.07) is 0.195. The highest BCUT2D eigenvalue weighted by atomic mass is 16.2. The molecule has 0 aliphatic rings. The molecule has 0 heterocycles. The molecular weight excluding hydrogens is 190 g/mol. The first kappa shape index (κ1) is 14.4. The van der Waals surface area contributed by atoms with Crippen LogP contribution in [0.15, 0.2) is 0 Å². The van der Waals surface area contributed by atoms with Gasteiger partial charge in [-0.25, -0.2) is 0 Å². The third-order valence-corrected chi connectivity index (χ3v) is 2.31. The standard InChI is InChI=1S/C11H25N3O/c1-7-14(9(2)8-13(5)6)10(15)11(3,4)12/h9H,7-8,12H2,1-6H3. The number of carbonyl (C=O) groups excluding carboxylic acids is 1. The van der Waals surface area contributed by atoms with Gasteiger partial charge in [0.05, 0.1) is 5.54 Å². The third kappa shape index (κ3) is 4.62. The highest BCUT2D eigenvalue weighted by Gasteiger charge is 2.29. The normalized spacial score (nSPS) is 14.1. The molecule has 4 heteroatoms. The molecule has 0 fully saturated rings. The molecule has 90 valence electrons.